The van der Waals surface area contributed by atoms with Gasteiger partial charge in [0, 0.05) is 61.6 Å². The van der Waals surface area contributed by atoms with Crippen LogP contribution in [0.5, 0.6) is 17.2 Å². The zero-order valence-electron chi connectivity index (χ0n) is 21.8. The lowest BCUT2D eigenvalue weighted by Gasteiger charge is -2.42. The van der Waals surface area contributed by atoms with Crippen LogP contribution < -0.4 is 15.0 Å². The van der Waals surface area contributed by atoms with Gasteiger partial charge in [-0.25, -0.2) is 4.39 Å². The quantitative estimate of drug-likeness (QED) is 0.345. The van der Waals surface area contributed by atoms with Gasteiger partial charge in [0.05, 0.1) is 0 Å². The number of piperazine rings is 1. The van der Waals surface area contributed by atoms with Crippen molar-refractivity contribution in [3.8, 4) is 17.2 Å². The number of rotatable bonds is 8. The third kappa shape index (κ3) is 8.25. The van der Waals surface area contributed by atoms with E-state index >= 15 is 0 Å². The molecule has 206 valence electrons. The average molecular weight is 565 g/mol. The van der Waals surface area contributed by atoms with E-state index in [-0.39, 0.29) is 60.3 Å². The minimum Gasteiger partial charge on any atom is -0.508 e. The van der Waals surface area contributed by atoms with E-state index < -0.39 is 0 Å². The van der Waals surface area contributed by atoms with Crippen LogP contribution in [-0.2, 0) is 0 Å². The molecule has 0 bridgehead atoms. The molecule has 1 aliphatic heterocycles. The van der Waals surface area contributed by atoms with Gasteiger partial charge >= 0.3 is 0 Å². The van der Waals surface area contributed by atoms with Crippen LogP contribution in [0.25, 0.3) is 0 Å². The van der Waals surface area contributed by atoms with Crippen molar-refractivity contribution in [1.29, 1.82) is 0 Å². The number of phenols is 1. The third-order valence-corrected chi connectivity index (χ3v) is 6.60. The van der Waals surface area contributed by atoms with E-state index in [4.69, 9.17) is 4.74 Å². The summed E-state index contributed by atoms with van der Waals surface area (Å²) in [6.45, 7) is 9.80. The van der Waals surface area contributed by atoms with Crippen LogP contribution >= 0.6 is 24.8 Å². The Balaban J connectivity index is 0.00000253. The van der Waals surface area contributed by atoms with E-state index in [0.717, 1.165) is 31.9 Å². The number of hydrogen-bond donors (Lipinski definition) is 2. The van der Waals surface area contributed by atoms with E-state index in [1.807, 2.05) is 12.1 Å². The van der Waals surface area contributed by atoms with Crippen molar-refractivity contribution in [3.05, 3.63) is 84.2 Å². The average Bonchev–Trinajstić information content (AvgIpc) is 2.84. The maximum Gasteiger partial charge on any atom is 0.251 e. The number of nitrogens with zero attached hydrogens (tertiary/aromatic N) is 2. The minimum absolute atomic E-state index is 0. The van der Waals surface area contributed by atoms with Crippen molar-refractivity contribution >= 4 is 36.4 Å². The number of phenolic OH excluding ortho intramolecular Hbond substituents is 1. The number of nitrogens with one attached hydrogen (secondary N) is 1. The molecule has 1 aliphatic rings. The van der Waals surface area contributed by atoms with Crippen molar-refractivity contribution in [3.63, 3.8) is 0 Å². The number of carbonyl (C=O) groups is 1. The smallest absolute Gasteiger partial charge is 0.251 e. The van der Waals surface area contributed by atoms with Crippen LogP contribution in [0.2, 0.25) is 0 Å². The van der Waals surface area contributed by atoms with Crippen molar-refractivity contribution in [2.75, 3.05) is 31.1 Å². The lowest BCUT2D eigenvalue weighted by atomic mass is 10.0. The first kappa shape index (κ1) is 31.2. The van der Waals surface area contributed by atoms with Crippen LogP contribution in [0.3, 0.4) is 0 Å². The molecule has 0 spiro atoms. The molecule has 0 radical (unpaired) electrons. The summed E-state index contributed by atoms with van der Waals surface area (Å²) in [7, 11) is 0. The summed E-state index contributed by atoms with van der Waals surface area (Å²) in [4.78, 5) is 17.7. The van der Waals surface area contributed by atoms with Crippen LogP contribution in [-0.4, -0.2) is 54.2 Å². The van der Waals surface area contributed by atoms with Crippen LogP contribution in [0.4, 0.5) is 10.1 Å². The molecule has 0 aromatic heterocycles. The second-order valence-electron chi connectivity index (χ2n) is 9.73. The normalized spacial score (nSPS) is 16.2. The number of amides is 1. The lowest BCUT2D eigenvalue weighted by Crippen LogP contribution is -2.56. The molecule has 1 saturated heterocycles. The first-order valence-electron chi connectivity index (χ1n) is 12.4. The van der Waals surface area contributed by atoms with Crippen molar-refractivity contribution < 1.29 is 19.0 Å². The van der Waals surface area contributed by atoms with Gasteiger partial charge in [0.15, 0.2) is 0 Å². The molecular weight excluding hydrogens is 528 g/mol. The summed E-state index contributed by atoms with van der Waals surface area (Å²) in [5.74, 6) is 1.000. The second kappa shape index (κ2) is 14.2. The summed E-state index contributed by atoms with van der Waals surface area (Å²) in [6.07, 6.45) is 0. The fourth-order valence-corrected chi connectivity index (χ4v) is 4.55. The van der Waals surface area contributed by atoms with Gasteiger partial charge in [-0.15, -0.1) is 24.8 Å². The van der Waals surface area contributed by atoms with Gasteiger partial charge in [-0.05, 0) is 61.4 Å². The second-order valence-corrected chi connectivity index (χ2v) is 9.73. The molecule has 1 heterocycles. The fraction of sp³-hybridized carbons (Fsp3) is 0.345. The maximum atomic E-state index is 13.4. The molecule has 2 N–H and O–H groups in total. The van der Waals surface area contributed by atoms with E-state index in [9.17, 15) is 14.3 Å². The zero-order valence-corrected chi connectivity index (χ0v) is 23.5. The Morgan fingerprint density at radius 2 is 1.74 bits per heavy atom. The van der Waals surface area contributed by atoms with E-state index in [2.05, 4.69) is 35.9 Å². The third-order valence-electron chi connectivity index (χ3n) is 6.60. The molecule has 0 aliphatic carbocycles. The Bertz CT molecular complexity index is 1180. The zero-order chi connectivity index (χ0) is 25.7. The van der Waals surface area contributed by atoms with E-state index in [1.54, 1.807) is 48.5 Å². The van der Waals surface area contributed by atoms with Crippen LogP contribution in [0.15, 0.2) is 72.8 Å². The Hall–Kier alpha value is -3.00. The molecule has 0 saturated carbocycles. The van der Waals surface area contributed by atoms with E-state index in [1.165, 1.54) is 12.1 Å². The number of ether oxygens (including phenoxy) is 1. The lowest BCUT2D eigenvalue weighted by molar-refractivity contribution is 0.0903. The summed E-state index contributed by atoms with van der Waals surface area (Å²) in [6, 6.07) is 20.5. The summed E-state index contributed by atoms with van der Waals surface area (Å²) in [5, 5.41) is 13.0. The predicted octanol–water partition coefficient (Wildman–Crippen LogP) is 6.13. The summed E-state index contributed by atoms with van der Waals surface area (Å²) < 4.78 is 19.1. The molecule has 1 amide bonds. The van der Waals surface area contributed by atoms with E-state index in [0.29, 0.717) is 17.1 Å². The molecule has 38 heavy (non-hydrogen) atoms. The number of carbonyl (C=O) groups excluding carboxylic acids is 1. The molecule has 0 unspecified atom stereocenters. The Morgan fingerprint density at radius 1 is 1.03 bits per heavy atom. The van der Waals surface area contributed by atoms with Gasteiger partial charge in [-0.3, -0.25) is 9.69 Å². The number of hydrogen-bond acceptors (Lipinski definition) is 5. The first-order valence-corrected chi connectivity index (χ1v) is 12.4. The predicted molar refractivity (Wildman–Crippen MR) is 155 cm³/mol. The molecule has 3 aromatic carbocycles. The van der Waals surface area contributed by atoms with Gasteiger partial charge in [-0.1, -0.05) is 26.0 Å². The first-order chi connectivity index (χ1) is 17.3. The van der Waals surface area contributed by atoms with Crippen molar-refractivity contribution in [1.82, 2.24) is 10.2 Å². The topological polar surface area (TPSA) is 65.0 Å². The van der Waals surface area contributed by atoms with Crippen LogP contribution in [0, 0.1) is 11.7 Å². The standard InChI is InChI=1S/C29H34FN3O3.2ClH/c1-20(2)28(19-32-14-15-33(21(3)18-32)24-7-5-8-25(34)17-24)31-29(35)22-10-12-26(13-11-22)36-27-9-4-6-23(30)16-27;;/h4-13,16-17,20-21,28,34H,14-15,18-19H2,1-3H3,(H,31,35);2*1H/t21-,28+;;/m0../s1. The maximum absolute atomic E-state index is 13.4. The summed E-state index contributed by atoms with van der Waals surface area (Å²) >= 11 is 0. The SMILES string of the molecule is CC(C)[C@@H](CN1CCN(c2cccc(O)c2)[C@@H](C)C1)NC(=O)c1ccc(Oc2cccc(F)c2)cc1.Cl.Cl. The van der Waals surface area contributed by atoms with Gasteiger partial charge < -0.3 is 20.1 Å². The number of anilines is 1. The Labute approximate surface area is 236 Å². The Kier molecular flexibility index (Phi) is 11.7. The van der Waals surface area contributed by atoms with Crippen LogP contribution in [0.1, 0.15) is 31.1 Å². The number of benzene rings is 3. The minimum atomic E-state index is -0.363. The van der Waals surface area contributed by atoms with Gasteiger partial charge in [0.25, 0.3) is 5.91 Å². The monoisotopic (exact) mass is 563 g/mol. The van der Waals surface area contributed by atoms with Gasteiger partial charge in [0.2, 0.25) is 0 Å². The summed E-state index contributed by atoms with van der Waals surface area (Å²) in [5.41, 5.74) is 1.58. The number of aromatic hydroxyl groups is 1. The van der Waals surface area contributed by atoms with Crippen molar-refractivity contribution in [2.45, 2.75) is 32.9 Å². The molecule has 3 aromatic rings. The highest BCUT2D eigenvalue weighted by Gasteiger charge is 2.27. The highest BCUT2D eigenvalue weighted by Crippen LogP contribution is 2.25. The fourth-order valence-electron chi connectivity index (χ4n) is 4.55. The van der Waals surface area contributed by atoms with Gasteiger partial charge in [0.1, 0.15) is 23.1 Å². The molecule has 6 nitrogen and oxygen atoms in total. The highest BCUT2D eigenvalue weighted by atomic mass is 35.5. The highest BCUT2D eigenvalue weighted by molar-refractivity contribution is 5.94. The Morgan fingerprint density at radius 3 is 2.37 bits per heavy atom. The number of halogens is 3. The molecule has 1 fully saturated rings. The molecule has 4 rings (SSSR count). The molecule has 9 heteroatoms. The molecule has 2 atom stereocenters. The largest absolute Gasteiger partial charge is 0.508 e. The van der Waals surface area contributed by atoms with Gasteiger partial charge in [-0.2, -0.15) is 0 Å². The van der Waals surface area contributed by atoms with Crippen molar-refractivity contribution in [2.24, 2.45) is 5.92 Å². The molecular formula is C29H36Cl2FN3O3.